The van der Waals surface area contributed by atoms with Gasteiger partial charge in [-0.05, 0) is 49.7 Å². The molecule has 2 N–H and O–H groups in total. The topological polar surface area (TPSA) is 72.1 Å². The van der Waals surface area contributed by atoms with Crippen molar-refractivity contribution in [2.45, 2.75) is 39.1 Å². The van der Waals surface area contributed by atoms with E-state index in [-0.39, 0.29) is 29.5 Å². The Hall–Kier alpha value is -4.41. The van der Waals surface area contributed by atoms with Gasteiger partial charge in [0, 0.05) is 34.9 Å². The van der Waals surface area contributed by atoms with Gasteiger partial charge in [-0.1, -0.05) is 30.3 Å². The SMILES string of the molecule is CC1(C)Cc2cc(NC(=O)N3CC(c4ccccc4)=C(c4ccc(OC(F)F)cc4)N3)cc(OC(F)F)c2O1. The fraction of sp³-hybridized carbons (Fsp3) is 0.250. The first-order chi connectivity index (χ1) is 18.6. The normalized spacial score (nSPS) is 15.7. The lowest BCUT2D eigenvalue weighted by molar-refractivity contribution is -0.0524. The molecule has 0 atom stereocenters. The van der Waals surface area contributed by atoms with Crippen LogP contribution in [0.15, 0.2) is 66.7 Å². The second-order valence-electron chi connectivity index (χ2n) is 9.63. The number of carbonyl (C=O) groups is 1. The molecular formula is C28H25F4N3O4. The van der Waals surface area contributed by atoms with Crippen LogP contribution in [0.1, 0.15) is 30.5 Å². The van der Waals surface area contributed by atoms with E-state index in [1.54, 1.807) is 18.2 Å². The fourth-order valence-electron chi connectivity index (χ4n) is 4.64. The van der Waals surface area contributed by atoms with Crippen molar-refractivity contribution in [3.05, 3.63) is 83.4 Å². The zero-order valence-electron chi connectivity index (χ0n) is 21.0. The van der Waals surface area contributed by atoms with Crippen LogP contribution in [-0.4, -0.2) is 36.4 Å². The van der Waals surface area contributed by atoms with Gasteiger partial charge in [-0.15, -0.1) is 0 Å². The van der Waals surface area contributed by atoms with Crippen molar-refractivity contribution >= 4 is 23.0 Å². The summed E-state index contributed by atoms with van der Waals surface area (Å²) in [5.41, 5.74) is 6.27. The third-order valence-electron chi connectivity index (χ3n) is 6.19. The molecule has 204 valence electrons. The van der Waals surface area contributed by atoms with E-state index in [4.69, 9.17) is 4.74 Å². The van der Waals surface area contributed by atoms with Crippen molar-refractivity contribution < 1.29 is 36.6 Å². The predicted molar refractivity (Wildman–Crippen MR) is 137 cm³/mol. The highest BCUT2D eigenvalue weighted by molar-refractivity contribution is 5.98. The van der Waals surface area contributed by atoms with Crippen LogP contribution in [0.3, 0.4) is 0 Å². The van der Waals surface area contributed by atoms with E-state index < -0.39 is 24.9 Å². The number of benzene rings is 3. The zero-order valence-corrected chi connectivity index (χ0v) is 21.0. The maximum atomic E-state index is 13.3. The lowest BCUT2D eigenvalue weighted by Crippen LogP contribution is -2.40. The van der Waals surface area contributed by atoms with Gasteiger partial charge in [0.2, 0.25) is 0 Å². The lowest BCUT2D eigenvalue weighted by atomic mass is 10.0. The van der Waals surface area contributed by atoms with Crippen LogP contribution in [0.5, 0.6) is 17.2 Å². The van der Waals surface area contributed by atoms with Crippen molar-refractivity contribution in [3.8, 4) is 17.2 Å². The van der Waals surface area contributed by atoms with Crippen LogP contribution < -0.4 is 25.0 Å². The number of rotatable bonds is 7. The highest BCUT2D eigenvalue weighted by Gasteiger charge is 2.34. The van der Waals surface area contributed by atoms with Gasteiger partial charge in [-0.3, -0.25) is 5.43 Å². The monoisotopic (exact) mass is 543 g/mol. The fourth-order valence-corrected chi connectivity index (χ4v) is 4.64. The number of urea groups is 1. The average molecular weight is 544 g/mol. The number of alkyl halides is 4. The van der Waals surface area contributed by atoms with Gasteiger partial charge in [0.1, 0.15) is 11.4 Å². The molecule has 0 radical (unpaired) electrons. The number of anilines is 1. The van der Waals surface area contributed by atoms with E-state index in [2.05, 4.69) is 20.2 Å². The first-order valence-corrected chi connectivity index (χ1v) is 12.1. The summed E-state index contributed by atoms with van der Waals surface area (Å²) in [6.45, 7) is -2.18. The number of nitrogens with one attached hydrogen (secondary N) is 2. The van der Waals surface area contributed by atoms with Gasteiger partial charge >= 0.3 is 19.3 Å². The Kier molecular flexibility index (Phi) is 6.98. The van der Waals surface area contributed by atoms with Crippen molar-refractivity contribution in [1.29, 1.82) is 0 Å². The maximum absolute atomic E-state index is 13.3. The van der Waals surface area contributed by atoms with Gasteiger partial charge in [0.05, 0.1) is 12.2 Å². The summed E-state index contributed by atoms with van der Waals surface area (Å²) in [4.78, 5) is 13.3. The summed E-state index contributed by atoms with van der Waals surface area (Å²) in [6.07, 6.45) is 0.447. The number of hydrazine groups is 1. The highest BCUT2D eigenvalue weighted by Crippen LogP contribution is 2.44. The van der Waals surface area contributed by atoms with E-state index >= 15 is 0 Å². The summed E-state index contributed by atoms with van der Waals surface area (Å²) < 4.78 is 66.2. The standard InChI is InChI=1S/C28H25F4N3O4/c1-28(2)14-18-12-19(13-22(24(18)39-28)38-26(31)32)33-27(36)35-15-21(16-6-4-3-5-7-16)23(34-35)17-8-10-20(11-9-17)37-25(29)30/h3-13,25-26,34H,14-15H2,1-2H3,(H,33,36). The first-order valence-electron chi connectivity index (χ1n) is 12.1. The Balaban J connectivity index is 1.40. The first kappa shape index (κ1) is 26.2. The Morgan fingerprint density at radius 2 is 1.67 bits per heavy atom. The van der Waals surface area contributed by atoms with Crippen LogP contribution in [0.25, 0.3) is 11.3 Å². The quantitative estimate of drug-likeness (QED) is 0.332. The van der Waals surface area contributed by atoms with Crippen LogP contribution in [0.2, 0.25) is 0 Å². The van der Waals surface area contributed by atoms with Crippen molar-refractivity contribution in [3.63, 3.8) is 0 Å². The van der Waals surface area contributed by atoms with Crippen LogP contribution >= 0.6 is 0 Å². The third kappa shape index (κ3) is 5.87. The smallest absolute Gasteiger partial charge is 0.387 e. The molecule has 0 saturated heterocycles. The summed E-state index contributed by atoms with van der Waals surface area (Å²) in [6, 6.07) is 17.9. The Morgan fingerprint density at radius 1 is 0.974 bits per heavy atom. The summed E-state index contributed by atoms with van der Waals surface area (Å²) in [7, 11) is 0. The van der Waals surface area contributed by atoms with E-state index in [9.17, 15) is 22.4 Å². The molecule has 2 heterocycles. The molecule has 0 saturated carbocycles. The van der Waals surface area contributed by atoms with E-state index in [1.807, 2.05) is 44.2 Å². The van der Waals surface area contributed by atoms with Crippen LogP contribution in [-0.2, 0) is 6.42 Å². The second-order valence-corrected chi connectivity index (χ2v) is 9.63. The number of hydrogen-bond donors (Lipinski definition) is 2. The van der Waals surface area contributed by atoms with Crippen molar-refractivity contribution in [2.75, 3.05) is 11.9 Å². The number of halogens is 4. The molecule has 2 amide bonds. The molecule has 39 heavy (non-hydrogen) atoms. The molecule has 0 bridgehead atoms. The Labute approximate surface area is 221 Å². The molecule has 7 nitrogen and oxygen atoms in total. The molecule has 0 aromatic heterocycles. The predicted octanol–water partition coefficient (Wildman–Crippen LogP) is 6.52. The van der Waals surface area contributed by atoms with Crippen LogP contribution in [0, 0.1) is 0 Å². The molecule has 0 fully saturated rings. The largest absolute Gasteiger partial charge is 0.483 e. The molecule has 11 heteroatoms. The van der Waals surface area contributed by atoms with Crippen LogP contribution in [0.4, 0.5) is 28.0 Å². The van der Waals surface area contributed by atoms with Gasteiger partial charge in [0.15, 0.2) is 11.5 Å². The second kappa shape index (κ2) is 10.4. The van der Waals surface area contributed by atoms with E-state index in [0.29, 0.717) is 23.2 Å². The van der Waals surface area contributed by atoms with Crippen molar-refractivity contribution in [1.82, 2.24) is 10.4 Å². The minimum absolute atomic E-state index is 0.00814. The zero-order chi connectivity index (χ0) is 27.7. The van der Waals surface area contributed by atoms with Gasteiger partial charge < -0.3 is 19.5 Å². The van der Waals surface area contributed by atoms with E-state index in [1.165, 1.54) is 23.2 Å². The molecule has 0 spiro atoms. The van der Waals surface area contributed by atoms with Crippen molar-refractivity contribution in [2.24, 2.45) is 0 Å². The lowest BCUT2D eigenvalue weighted by Gasteiger charge is -2.20. The summed E-state index contributed by atoms with van der Waals surface area (Å²) in [5, 5.41) is 4.08. The summed E-state index contributed by atoms with van der Waals surface area (Å²) in [5.74, 6) is 0.0774. The Bertz CT molecular complexity index is 1400. The molecule has 2 aliphatic rings. The molecule has 0 aliphatic carbocycles. The molecule has 3 aromatic rings. The number of nitrogens with zero attached hydrogens (tertiary/aromatic N) is 1. The number of fused-ring (bicyclic) bond motifs is 1. The van der Waals surface area contributed by atoms with Gasteiger partial charge in [0.25, 0.3) is 0 Å². The Morgan fingerprint density at radius 3 is 2.33 bits per heavy atom. The molecular weight excluding hydrogens is 518 g/mol. The summed E-state index contributed by atoms with van der Waals surface area (Å²) >= 11 is 0. The minimum Gasteiger partial charge on any atom is -0.483 e. The highest BCUT2D eigenvalue weighted by atomic mass is 19.3. The maximum Gasteiger partial charge on any atom is 0.387 e. The average Bonchev–Trinajstić information content (AvgIpc) is 3.45. The molecule has 5 rings (SSSR count). The number of ether oxygens (including phenoxy) is 3. The minimum atomic E-state index is -3.06. The van der Waals surface area contributed by atoms with E-state index in [0.717, 1.165) is 11.1 Å². The number of carbonyl (C=O) groups excluding carboxylic acids is 1. The molecule has 0 unspecified atom stereocenters. The number of amides is 2. The number of hydrogen-bond acceptors (Lipinski definition) is 5. The molecule has 3 aromatic carbocycles. The van der Waals surface area contributed by atoms with Gasteiger partial charge in [-0.2, -0.15) is 17.6 Å². The third-order valence-corrected chi connectivity index (χ3v) is 6.19. The van der Waals surface area contributed by atoms with Gasteiger partial charge in [-0.25, -0.2) is 9.80 Å². The molecule has 2 aliphatic heterocycles.